The third-order valence-corrected chi connectivity index (χ3v) is 2.29. The zero-order valence-corrected chi connectivity index (χ0v) is 4.21. The van der Waals surface area contributed by atoms with E-state index in [0.29, 0.717) is 11.1 Å². The molecule has 1 N–H and O–H groups in total. The largest absolute Gasteiger partial charge is 0.303 e. The van der Waals surface area contributed by atoms with Crippen LogP contribution >= 0.6 is 0 Å². The lowest BCUT2D eigenvalue weighted by molar-refractivity contribution is 0.704. The lowest BCUT2D eigenvalue weighted by Gasteiger charge is -1.87. The Balaban J connectivity index is 2.34. The highest BCUT2D eigenvalue weighted by Crippen LogP contribution is 2.61. The molecule has 2 fully saturated rings. The first-order valence-electron chi connectivity index (χ1n) is 2.46. The third kappa shape index (κ3) is 0.121. The van der Waals surface area contributed by atoms with Crippen molar-refractivity contribution in [2.24, 2.45) is 0 Å². The highest BCUT2D eigenvalue weighted by molar-refractivity contribution is 5.39. The van der Waals surface area contributed by atoms with E-state index < -0.39 is 0 Å². The van der Waals surface area contributed by atoms with Crippen LogP contribution in [0.4, 0.5) is 0 Å². The summed E-state index contributed by atoms with van der Waals surface area (Å²) in [6.07, 6.45) is 1.40. The molecule has 34 valence electrons. The van der Waals surface area contributed by atoms with Gasteiger partial charge in [-0.2, -0.15) is 0 Å². The van der Waals surface area contributed by atoms with Gasteiger partial charge in [0.15, 0.2) is 0 Å². The third-order valence-electron chi connectivity index (χ3n) is 2.29. The zero-order chi connectivity index (χ0) is 4.41. The Bertz CT molecular complexity index is 88.5. The summed E-state index contributed by atoms with van der Waals surface area (Å²) in [6, 6.07) is 0. The van der Waals surface area contributed by atoms with Gasteiger partial charge in [-0.25, -0.2) is 0 Å². The van der Waals surface area contributed by atoms with Crippen molar-refractivity contribution in [3.05, 3.63) is 0 Å². The Kier molecular flexibility index (Phi) is 0.201. The molecule has 2 rings (SSSR count). The molecule has 0 aromatic rings. The van der Waals surface area contributed by atoms with Crippen molar-refractivity contribution in [1.29, 1.82) is 0 Å². The molecule has 2 atom stereocenters. The molecule has 0 aromatic carbocycles. The number of hydrogen-bond acceptors (Lipinski definition) is 1. The van der Waals surface area contributed by atoms with Gasteiger partial charge in [0.1, 0.15) is 0 Å². The lowest BCUT2D eigenvalue weighted by Crippen LogP contribution is -2.05. The summed E-state index contributed by atoms with van der Waals surface area (Å²) in [6.45, 7) is 4.54. The van der Waals surface area contributed by atoms with Crippen LogP contribution in [0.1, 0.15) is 20.3 Å². The Hall–Kier alpha value is -0.0400. The fourth-order valence-electron chi connectivity index (χ4n) is 1.22. The zero-order valence-electron chi connectivity index (χ0n) is 4.21. The van der Waals surface area contributed by atoms with E-state index in [9.17, 15) is 0 Å². The van der Waals surface area contributed by atoms with Gasteiger partial charge in [0.25, 0.3) is 0 Å². The fourth-order valence-corrected chi connectivity index (χ4v) is 1.22. The maximum absolute atomic E-state index is 3.35. The van der Waals surface area contributed by atoms with Crippen molar-refractivity contribution in [1.82, 2.24) is 5.32 Å². The van der Waals surface area contributed by atoms with Crippen LogP contribution in [-0.2, 0) is 0 Å². The molecule has 0 spiro atoms. The Morgan fingerprint density at radius 1 is 1.33 bits per heavy atom. The van der Waals surface area contributed by atoms with E-state index in [1.54, 1.807) is 0 Å². The number of nitrogens with one attached hydrogen (secondary N) is 1. The second kappa shape index (κ2) is 0.399. The topological polar surface area (TPSA) is 21.9 Å². The van der Waals surface area contributed by atoms with Crippen molar-refractivity contribution >= 4 is 0 Å². The molecule has 0 amide bonds. The summed E-state index contributed by atoms with van der Waals surface area (Å²) in [5, 5.41) is 3.35. The van der Waals surface area contributed by atoms with Crippen molar-refractivity contribution in [3.63, 3.8) is 0 Å². The molecule has 0 bridgehead atoms. The van der Waals surface area contributed by atoms with Gasteiger partial charge in [-0.3, -0.25) is 0 Å². The van der Waals surface area contributed by atoms with E-state index in [1.807, 2.05) is 0 Å². The second-order valence-corrected chi connectivity index (χ2v) is 2.97. The van der Waals surface area contributed by atoms with E-state index in [-0.39, 0.29) is 0 Å². The minimum atomic E-state index is 0.604. The van der Waals surface area contributed by atoms with Crippen molar-refractivity contribution in [2.75, 3.05) is 0 Å². The van der Waals surface area contributed by atoms with Crippen LogP contribution < -0.4 is 5.32 Å². The molecule has 0 aromatic heterocycles. The molecule has 1 aliphatic heterocycles. The van der Waals surface area contributed by atoms with Gasteiger partial charge in [-0.05, 0) is 20.3 Å². The van der Waals surface area contributed by atoms with Gasteiger partial charge in [0.2, 0.25) is 0 Å². The average Bonchev–Trinajstić information content (AvgIpc) is 1.78. The maximum Gasteiger partial charge on any atom is 0.0357 e. The minimum absolute atomic E-state index is 0.604. The molecule has 6 heavy (non-hydrogen) atoms. The summed E-state index contributed by atoms with van der Waals surface area (Å²) < 4.78 is 0. The van der Waals surface area contributed by atoms with E-state index >= 15 is 0 Å². The monoisotopic (exact) mass is 83.1 g/mol. The van der Waals surface area contributed by atoms with Crippen molar-refractivity contribution in [2.45, 2.75) is 31.3 Å². The molecule has 1 nitrogen and oxygen atoms in total. The smallest absolute Gasteiger partial charge is 0.0357 e. The van der Waals surface area contributed by atoms with E-state index in [2.05, 4.69) is 19.2 Å². The highest BCUT2D eigenvalue weighted by atomic mass is 15.4. The molecule has 1 aliphatic carbocycles. The van der Waals surface area contributed by atoms with E-state index in [0.717, 1.165) is 0 Å². The average molecular weight is 83.1 g/mol. The first kappa shape index (κ1) is 3.03. The van der Waals surface area contributed by atoms with Crippen LogP contribution in [0.2, 0.25) is 0 Å². The predicted octanol–water partition coefficient (Wildman–Crippen LogP) is 0.511. The maximum atomic E-state index is 3.35. The summed E-state index contributed by atoms with van der Waals surface area (Å²) >= 11 is 0. The molecule has 1 saturated carbocycles. The van der Waals surface area contributed by atoms with Crippen LogP contribution in [0.25, 0.3) is 0 Å². The Morgan fingerprint density at radius 2 is 1.50 bits per heavy atom. The van der Waals surface area contributed by atoms with Crippen LogP contribution in [0.5, 0.6) is 0 Å². The number of fused-ring (bicyclic) bond motifs is 1. The van der Waals surface area contributed by atoms with Gasteiger partial charge >= 0.3 is 0 Å². The van der Waals surface area contributed by atoms with Gasteiger partial charge in [0, 0.05) is 11.1 Å². The summed E-state index contributed by atoms with van der Waals surface area (Å²) in [5.74, 6) is 0. The quantitative estimate of drug-likeness (QED) is 0.423. The van der Waals surface area contributed by atoms with E-state index in [4.69, 9.17) is 0 Å². The first-order valence-corrected chi connectivity index (χ1v) is 2.46. The highest BCUT2D eigenvalue weighted by Gasteiger charge is 2.77. The summed E-state index contributed by atoms with van der Waals surface area (Å²) in [4.78, 5) is 0. The Morgan fingerprint density at radius 3 is 1.50 bits per heavy atom. The molecule has 2 unspecified atom stereocenters. The number of hydrogen-bond donors (Lipinski definition) is 1. The van der Waals surface area contributed by atoms with Gasteiger partial charge < -0.3 is 5.32 Å². The van der Waals surface area contributed by atoms with Gasteiger partial charge in [-0.15, -0.1) is 0 Å². The predicted molar refractivity (Wildman–Crippen MR) is 24.6 cm³/mol. The summed E-state index contributed by atoms with van der Waals surface area (Å²) in [5.41, 5.74) is 1.21. The van der Waals surface area contributed by atoms with Crippen LogP contribution in [-0.4, -0.2) is 11.1 Å². The molecule has 2 aliphatic rings. The normalized spacial score (nSPS) is 73.0. The van der Waals surface area contributed by atoms with E-state index in [1.165, 1.54) is 6.42 Å². The Labute approximate surface area is 37.7 Å². The SMILES string of the molecule is CC12CC1(C)N2. The molecular formula is C5H9N. The van der Waals surface area contributed by atoms with Crippen LogP contribution in [0.3, 0.4) is 0 Å². The van der Waals surface area contributed by atoms with Crippen LogP contribution in [0, 0.1) is 0 Å². The van der Waals surface area contributed by atoms with Crippen molar-refractivity contribution in [3.8, 4) is 0 Å². The molecule has 1 heterocycles. The molecule has 1 saturated heterocycles. The summed E-state index contributed by atoms with van der Waals surface area (Å²) in [7, 11) is 0. The molecule has 1 heteroatoms. The van der Waals surface area contributed by atoms with Gasteiger partial charge in [0.05, 0.1) is 0 Å². The minimum Gasteiger partial charge on any atom is -0.303 e. The molecule has 0 radical (unpaired) electrons. The fraction of sp³-hybridized carbons (Fsp3) is 1.00. The second-order valence-electron chi connectivity index (χ2n) is 2.97. The van der Waals surface area contributed by atoms with Crippen LogP contribution in [0.15, 0.2) is 0 Å². The van der Waals surface area contributed by atoms with Crippen molar-refractivity contribution < 1.29 is 0 Å². The molecular weight excluding hydrogens is 74.1 g/mol. The number of rotatable bonds is 0. The lowest BCUT2D eigenvalue weighted by atomic mass is 10.4. The van der Waals surface area contributed by atoms with Gasteiger partial charge in [-0.1, -0.05) is 0 Å². The first-order chi connectivity index (χ1) is 2.66. The standard InChI is InChI=1S/C5H9N/c1-4-3-5(4,2)6-4/h6H,3H2,1-2H3.